The molecule has 2 rings (SSSR count). The first kappa shape index (κ1) is 10.2. The molecule has 0 bridgehead atoms. The van der Waals surface area contributed by atoms with Gasteiger partial charge in [0.05, 0.1) is 12.5 Å². The summed E-state index contributed by atoms with van der Waals surface area (Å²) >= 11 is 0. The van der Waals surface area contributed by atoms with Crippen molar-refractivity contribution in [2.24, 2.45) is 0 Å². The van der Waals surface area contributed by atoms with Gasteiger partial charge in [-0.2, -0.15) is 0 Å². The van der Waals surface area contributed by atoms with Crippen LogP contribution in [0.25, 0.3) is 10.8 Å². The van der Waals surface area contributed by atoms with E-state index in [9.17, 15) is 9.59 Å². The van der Waals surface area contributed by atoms with Crippen molar-refractivity contribution in [3.05, 3.63) is 40.3 Å². The second-order valence-corrected chi connectivity index (χ2v) is 3.21. The lowest BCUT2D eigenvalue weighted by atomic mass is 10.1. The van der Waals surface area contributed by atoms with E-state index in [4.69, 9.17) is 9.84 Å². The number of aromatic nitrogens is 1. The summed E-state index contributed by atoms with van der Waals surface area (Å²) in [6.45, 7) is 0. The first-order valence-electron chi connectivity index (χ1n) is 4.57. The van der Waals surface area contributed by atoms with Crippen LogP contribution in [0.3, 0.4) is 0 Å². The molecule has 0 atom stereocenters. The Morgan fingerprint density at radius 3 is 2.50 bits per heavy atom. The zero-order valence-electron chi connectivity index (χ0n) is 8.48. The van der Waals surface area contributed by atoms with Gasteiger partial charge in [0, 0.05) is 5.39 Å². The second kappa shape index (κ2) is 3.69. The standard InChI is InChI=1S/C11H9NO4/c1-16-9-6-4-2-3-5-7(6)10(13)12-8(9)11(14)15/h2-5H,1H3,(H,12,13)(H,14,15). The Balaban J connectivity index is 2.96. The second-order valence-electron chi connectivity index (χ2n) is 3.21. The molecular formula is C11H9NO4. The lowest BCUT2D eigenvalue weighted by Crippen LogP contribution is -2.14. The van der Waals surface area contributed by atoms with Crippen LogP contribution >= 0.6 is 0 Å². The maximum absolute atomic E-state index is 11.6. The number of H-pyrrole nitrogens is 1. The van der Waals surface area contributed by atoms with Gasteiger partial charge >= 0.3 is 5.97 Å². The van der Waals surface area contributed by atoms with Crippen LogP contribution < -0.4 is 10.3 Å². The van der Waals surface area contributed by atoms with E-state index in [1.807, 2.05) is 0 Å². The van der Waals surface area contributed by atoms with Gasteiger partial charge in [-0.1, -0.05) is 18.2 Å². The summed E-state index contributed by atoms with van der Waals surface area (Å²) in [4.78, 5) is 24.8. The molecule has 0 aliphatic heterocycles. The quantitative estimate of drug-likeness (QED) is 0.796. The van der Waals surface area contributed by atoms with Crippen molar-refractivity contribution in [1.82, 2.24) is 4.98 Å². The number of carboxylic acid groups (broad SMARTS) is 1. The molecular weight excluding hydrogens is 210 g/mol. The highest BCUT2D eigenvalue weighted by Gasteiger charge is 2.16. The van der Waals surface area contributed by atoms with E-state index in [2.05, 4.69) is 4.98 Å². The van der Waals surface area contributed by atoms with E-state index in [1.54, 1.807) is 24.3 Å². The van der Waals surface area contributed by atoms with E-state index in [-0.39, 0.29) is 11.4 Å². The Kier molecular flexibility index (Phi) is 2.36. The molecule has 0 spiro atoms. The van der Waals surface area contributed by atoms with Crippen LogP contribution in [0.1, 0.15) is 10.5 Å². The van der Waals surface area contributed by atoms with Crippen molar-refractivity contribution in [3.8, 4) is 5.75 Å². The number of carboxylic acids is 1. The van der Waals surface area contributed by atoms with Crippen molar-refractivity contribution < 1.29 is 14.6 Å². The highest BCUT2D eigenvalue weighted by Crippen LogP contribution is 2.25. The highest BCUT2D eigenvalue weighted by atomic mass is 16.5. The molecule has 1 heterocycles. The van der Waals surface area contributed by atoms with Gasteiger partial charge in [0.15, 0.2) is 11.4 Å². The lowest BCUT2D eigenvalue weighted by molar-refractivity contribution is 0.0686. The molecule has 5 nitrogen and oxygen atoms in total. The number of rotatable bonds is 2. The SMILES string of the molecule is COc1c(C(=O)O)[nH]c(=O)c2ccccc12. The topological polar surface area (TPSA) is 79.4 Å². The number of carbonyl (C=O) groups is 1. The molecule has 5 heteroatoms. The van der Waals surface area contributed by atoms with Gasteiger partial charge < -0.3 is 14.8 Å². The lowest BCUT2D eigenvalue weighted by Gasteiger charge is -2.07. The Hall–Kier alpha value is -2.30. The molecule has 0 aliphatic rings. The van der Waals surface area contributed by atoms with Gasteiger partial charge in [0.1, 0.15) is 0 Å². The molecule has 0 unspecified atom stereocenters. The van der Waals surface area contributed by atoms with E-state index in [0.29, 0.717) is 10.8 Å². The highest BCUT2D eigenvalue weighted by molar-refractivity contribution is 5.98. The minimum atomic E-state index is -1.22. The first-order chi connectivity index (χ1) is 7.65. The van der Waals surface area contributed by atoms with E-state index in [0.717, 1.165) is 0 Å². The molecule has 0 saturated heterocycles. The third-order valence-corrected chi connectivity index (χ3v) is 2.30. The summed E-state index contributed by atoms with van der Waals surface area (Å²) in [5, 5.41) is 9.83. The molecule has 2 aromatic rings. The number of aromatic carboxylic acids is 1. The smallest absolute Gasteiger partial charge is 0.356 e. The van der Waals surface area contributed by atoms with Crippen LogP contribution in [0.5, 0.6) is 5.75 Å². The van der Waals surface area contributed by atoms with Gasteiger partial charge in [0.25, 0.3) is 5.56 Å². The Morgan fingerprint density at radius 1 is 1.31 bits per heavy atom. The molecule has 0 fully saturated rings. The Morgan fingerprint density at radius 2 is 1.94 bits per heavy atom. The van der Waals surface area contributed by atoms with Crippen LogP contribution in [0.4, 0.5) is 0 Å². The van der Waals surface area contributed by atoms with Gasteiger partial charge in [0.2, 0.25) is 0 Å². The van der Waals surface area contributed by atoms with Crippen LogP contribution in [0, 0.1) is 0 Å². The van der Waals surface area contributed by atoms with Crippen LogP contribution in [-0.4, -0.2) is 23.2 Å². The van der Waals surface area contributed by atoms with Crippen molar-refractivity contribution in [2.45, 2.75) is 0 Å². The van der Waals surface area contributed by atoms with Gasteiger partial charge in [-0.3, -0.25) is 4.79 Å². The predicted molar refractivity (Wildman–Crippen MR) is 58.1 cm³/mol. The predicted octanol–water partition coefficient (Wildman–Crippen LogP) is 1.23. The molecule has 0 aliphatic carbocycles. The fourth-order valence-electron chi connectivity index (χ4n) is 1.61. The molecule has 0 amide bonds. The number of aromatic amines is 1. The van der Waals surface area contributed by atoms with Crippen molar-refractivity contribution in [2.75, 3.05) is 7.11 Å². The third-order valence-electron chi connectivity index (χ3n) is 2.30. The zero-order chi connectivity index (χ0) is 11.7. The number of benzene rings is 1. The summed E-state index contributed by atoms with van der Waals surface area (Å²) in [6.07, 6.45) is 0. The normalized spacial score (nSPS) is 10.3. The number of hydrogen-bond donors (Lipinski definition) is 2. The molecule has 82 valence electrons. The van der Waals surface area contributed by atoms with E-state index >= 15 is 0 Å². The summed E-state index contributed by atoms with van der Waals surface area (Å²) in [5.41, 5.74) is -0.667. The number of fused-ring (bicyclic) bond motifs is 1. The van der Waals surface area contributed by atoms with Gasteiger partial charge in [-0.05, 0) is 6.07 Å². The van der Waals surface area contributed by atoms with Crippen LogP contribution in [-0.2, 0) is 0 Å². The molecule has 0 saturated carbocycles. The summed E-state index contributed by atoms with van der Waals surface area (Å²) in [7, 11) is 1.37. The van der Waals surface area contributed by atoms with Crippen molar-refractivity contribution in [3.63, 3.8) is 0 Å². The van der Waals surface area contributed by atoms with Gasteiger partial charge in [-0.25, -0.2) is 4.79 Å². The molecule has 1 aromatic heterocycles. The molecule has 1 aromatic carbocycles. The number of nitrogens with one attached hydrogen (secondary N) is 1. The monoisotopic (exact) mass is 219 g/mol. The van der Waals surface area contributed by atoms with E-state index in [1.165, 1.54) is 7.11 Å². The minimum Gasteiger partial charge on any atom is -0.494 e. The summed E-state index contributed by atoms with van der Waals surface area (Å²) in [6, 6.07) is 6.69. The maximum atomic E-state index is 11.6. The van der Waals surface area contributed by atoms with Crippen LogP contribution in [0.15, 0.2) is 29.1 Å². The summed E-state index contributed by atoms with van der Waals surface area (Å²) < 4.78 is 5.02. The average Bonchev–Trinajstić information content (AvgIpc) is 2.29. The molecule has 0 radical (unpaired) electrons. The Bertz CT molecular complexity index is 615. The summed E-state index contributed by atoms with van der Waals surface area (Å²) in [5.74, 6) is -1.05. The fraction of sp³-hybridized carbons (Fsp3) is 0.0909. The molecule has 16 heavy (non-hydrogen) atoms. The number of hydrogen-bond acceptors (Lipinski definition) is 3. The minimum absolute atomic E-state index is 0.169. The number of methoxy groups -OCH3 is 1. The fourth-order valence-corrected chi connectivity index (χ4v) is 1.61. The van der Waals surface area contributed by atoms with Crippen molar-refractivity contribution >= 4 is 16.7 Å². The zero-order valence-corrected chi connectivity index (χ0v) is 8.48. The van der Waals surface area contributed by atoms with Crippen molar-refractivity contribution in [1.29, 1.82) is 0 Å². The average molecular weight is 219 g/mol. The van der Waals surface area contributed by atoms with E-state index < -0.39 is 11.5 Å². The maximum Gasteiger partial charge on any atom is 0.356 e. The molecule has 2 N–H and O–H groups in total. The first-order valence-corrected chi connectivity index (χ1v) is 4.57. The third kappa shape index (κ3) is 1.42. The van der Waals surface area contributed by atoms with Gasteiger partial charge in [-0.15, -0.1) is 0 Å². The Labute approximate surface area is 90.3 Å². The number of ether oxygens (including phenoxy) is 1. The largest absolute Gasteiger partial charge is 0.494 e. The number of pyridine rings is 1. The van der Waals surface area contributed by atoms with Crippen LogP contribution in [0.2, 0.25) is 0 Å².